The molecule has 0 bridgehead atoms. The van der Waals surface area contributed by atoms with Gasteiger partial charge in [-0.2, -0.15) is 5.10 Å². The van der Waals surface area contributed by atoms with Gasteiger partial charge in [0.2, 0.25) is 5.91 Å². The molecule has 1 heterocycles. The molecule has 128 valence electrons. The van der Waals surface area contributed by atoms with E-state index in [-0.39, 0.29) is 11.2 Å². The zero-order valence-corrected chi connectivity index (χ0v) is 14.9. The zero-order chi connectivity index (χ0) is 17.6. The van der Waals surface area contributed by atoms with Gasteiger partial charge in [-0.1, -0.05) is 41.6 Å². The number of benzene rings is 2. The third-order valence-electron chi connectivity index (χ3n) is 3.75. The van der Waals surface area contributed by atoms with Gasteiger partial charge >= 0.3 is 0 Å². The number of nitrogens with zero attached hydrogens (tertiary/aromatic N) is 2. The van der Waals surface area contributed by atoms with Crippen LogP contribution < -0.4 is 10.1 Å². The number of methoxy groups -OCH3 is 1. The minimum Gasteiger partial charge on any atom is -0.497 e. The van der Waals surface area contributed by atoms with Crippen LogP contribution in [-0.2, 0) is 11.2 Å². The van der Waals surface area contributed by atoms with Crippen LogP contribution >= 0.6 is 11.8 Å². The van der Waals surface area contributed by atoms with Crippen molar-refractivity contribution in [3.8, 4) is 5.75 Å². The smallest absolute Gasteiger partial charge is 0.239 e. The van der Waals surface area contributed by atoms with Crippen LogP contribution in [0.4, 0.5) is 0 Å². The van der Waals surface area contributed by atoms with Crippen LogP contribution in [0.5, 0.6) is 5.75 Å². The summed E-state index contributed by atoms with van der Waals surface area (Å²) in [6.45, 7) is 2.05. The van der Waals surface area contributed by atoms with Crippen LogP contribution in [0.3, 0.4) is 0 Å². The maximum atomic E-state index is 12.1. The van der Waals surface area contributed by atoms with E-state index in [4.69, 9.17) is 4.74 Å². The second-order valence-electron chi connectivity index (χ2n) is 5.71. The lowest BCUT2D eigenvalue weighted by Gasteiger charge is -2.05. The minimum absolute atomic E-state index is 0.0232. The van der Waals surface area contributed by atoms with E-state index in [2.05, 4.69) is 21.6 Å². The SMILES string of the molecule is COc1ccc(/C=N\N=C2/NC(=O)C(Cc3cccc(C)c3)S2)cc1. The van der Waals surface area contributed by atoms with Crippen molar-refractivity contribution < 1.29 is 9.53 Å². The Balaban J connectivity index is 1.61. The summed E-state index contributed by atoms with van der Waals surface area (Å²) in [7, 11) is 1.63. The first-order valence-electron chi connectivity index (χ1n) is 7.92. The van der Waals surface area contributed by atoms with Gasteiger partial charge in [0.1, 0.15) is 5.75 Å². The third kappa shape index (κ3) is 4.70. The largest absolute Gasteiger partial charge is 0.497 e. The van der Waals surface area contributed by atoms with Gasteiger partial charge < -0.3 is 10.1 Å². The van der Waals surface area contributed by atoms with Gasteiger partial charge in [-0.15, -0.1) is 5.10 Å². The Morgan fingerprint density at radius 2 is 2.04 bits per heavy atom. The van der Waals surface area contributed by atoms with E-state index in [0.717, 1.165) is 16.9 Å². The Bertz CT molecular complexity index is 816. The fourth-order valence-corrected chi connectivity index (χ4v) is 3.44. The molecule has 0 spiro atoms. The van der Waals surface area contributed by atoms with Crippen molar-refractivity contribution in [1.29, 1.82) is 0 Å². The summed E-state index contributed by atoms with van der Waals surface area (Å²) < 4.78 is 5.11. The molecule has 2 aromatic carbocycles. The third-order valence-corrected chi connectivity index (χ3v) is 4.82. The predicted octanol–water partition coefficient (Wildman–Crippen LogP) is 3.17. The lowest BCUT2D eigenvalue weighted by molar-refractivity contribution is -0.118. The molecule has 1 N–H and O–H groups in total. The highest BCUT2D eigenvalue weighted by Crippen LogP contribution is 2.23. The molecular weight excluding hydrogens is 334 g/mol. The molecule has 1 aliphatic heterocycles. The first kappa shape index (κ1) is 17.2. The molecule has 1 unspecified atom stereocenters. The van der Waals surface area contributed by atoms with Crippen LogP contribution in [0.15, 0.2) is 58.7 Å². The first-order valence-corrected chi connectivity index (χ1v) is 8.80. The number of rotatable bonds is 5. The summed E-state index contributed by atoms with van der Waals surface area (Å²) in [5.41, 5.74) is 3.25. The van der Waals surface area contributed by atoms with Crippen molar-refractivity contribution in [2.75, 3.05) is 7.11 Å². The average Bonchev–Trinajstić information content (AvgIpc) is 2.95. The van der Waals surface area contributed by atoms with Crippen molar-refractivity contribution in [2.45, 2.75) is 18.6 Å². The topological polar surface area (TPSA) is 63.1 Å². The second-order valence-corrected chi connectivity index (χ2v) is 6.90. The van der Waals surface area contributed by atoms with E-state index in [1.54, 1.807) is 13.3 Å². The quantitative estimate of drug-likeness (QED) is 0.663. The second kappa shape index (κ2) is 7.98. The summed E-state index contributed by atoms with van der Waals surface area (Å²) in [6.07, 6.45) is 2.33. The highest BCUT2D eigenvalue weighted by molar-refractivity contribution is 8.15. The lowest BCUT2D eigenvalue weighted by atomic mass is 10.1. The molecule has 3 rings (SSSR count). The number of hydrogen-bond donors (Lipinski definition) is 1. The number of amides is 1. The summed E-state index contributed by atoms with van der Waals surface area (Å²) in [5, 5.41) is 11.3. The zero-order valence-electron chi connectivity index (χ0n) is 14.1. The van der Waals surface area contributed by atoms with Crippen LogP contribution in [0.1, 0.15) is 16.7 Å². The first-order chi connectivity index (χ1) is 12.1. The fraction of sp³-hybridized carbons (Fsp3) is 0.211. The molecule has 5 nitrogen and oxygen atoms in total. The van der Waals surface area contributed by atoms with E-state index < -0.39 is 0 Å². The van der Waals surface area contributed by atoms with Crippen LogP contribution in [0, 0.1) is 6.92 Å². The highest BCUT2D eigenvalue weighted by Gasteiger charge is 2.30. The van der Waals surface area contributed by atoms with Gasteiger partial charge in [0, 0.05) is 0 Å². The highest BCUT2D eigenvalue weighted by atomic mass is 32.2. The van der Waals surface area contributed by atoms with Crippen molar-refractivity contribution in [1.82, 2.24) is 5.32 Å². The molecule has 0 aliphatic carbocycles. The van der Waals surface area contributed by atoms with Crippen LogP contribution in [0.2, 0.25) is 0 Å². The Hall–Kier alpha value is -2.60. The Morgan fingerprint density at radius 1 is 1.24 bits per heavy atom. The molecule has 1 aliphatic rings. The maximum absolute atomic E-state index is 12.1. The molecule has 1 atom stereocenters. The normalized spacial score (nSPS) is 18.7. The molecule has 25 heavy (non-hydrogen) atoms. The van der Waals surface area contributed by atoms with E-state index in [1.807, 2.05) is 49.4 Å². The van der Waals surface area contributed by atoms with Gasteiger partial charge in [0.05, 0.1) is 18.6 Å². The molecule has 1 amide bonds. The number of nitrogens with one attached hydrogen (secondary N) is 1. The van der Waals surface area contributed by atoms with Gasteiger partial charge in [0.25, 0.3) is 0 Å². The van der Waals surface area contributed by atoms with Gasteiger partial charge in [-0.05, 0) is 48.7 Å². The number of amidine groups is 1. The van der Waals surface area contributed by atoms with Crippen LogP contribution in [-0.4, -0.2) is 29.6 Å². The molecule has 1 fully saturated rings. The number of carbonyl (C=O) groups is 1. The molecule has 2 aromatic rings. The van der Waals surface area contributed by atoms with Gasteiger partial charge in [-0.3, -0.25) is 4.79 Å². The molecule has 0 radical (unpaired) electrons. The number of thioether (sulfide) groups is 1. The van der Waals surface area contributed by atoms with E-state index in [1.165, 1.54) is 17.3 Å². The monoisotopic (exact) mass is 353 g/mol. The van der Waals surface area contributed by atoms with Gasteiger partial charge in [0.15, 0.2) is 5.17 Å². The van der Waals surface area contributed by atoms with Crippen molar-refractivity contribution in [3.63, 3.8) is 0 Å². The Kier molecular flexibility index (Phi) is 5.50. The van der Waals surface area contributed by atoms with E-state index in [0.29, 0.717) is 11.6 Å². The molecule has 1 saturated heterocycles. The molecule has 0 saturated carbocycles. The molecule has 6 heteroatoms. The van der Waals surface area contributed by atoms with Crippen LogP contribution in [0.25, 0.3) is 0 Å². The summed E-state index contributed by atoms with van der Waals surface area (Å²) in [5.74, 6) is 0.769. The summed E-state index contributed by atoms with van der Waals surface area (Å²) in [4.78, 5) is 12.1. The fourth-order valence-electron chi connectivity index (χ4n) is 2.48. The average molecular weight is 353 g/mol. The standard InChI is InChI=1S/C19H19N3O2S/c1-13-4-3-5-15(10-13)11-17-18(23)21-19(25-17)22-20-12-14-6-8-16(24-2)9-7-14/h3-10,12,17H,11H2,1-2H3,(H,21,22,23)/b20-12-. The maximum Gasteiger partial charge on any atom is 0.239 e. The predicted molar refractivity (Wildman–Crippen MR) is 102 cm³/mol. The van der Waals surface area contributed by atoms with E-state index >= 15 is 0 Å². The Morgan fingerprint density at radius 3 is 2.76 bits per heavy atom. The molecular formula is C19H19N3O2S. The van der Waals surface area contributed by atoms with Crippen molar-refractivity contribution in [2.24, 2.45) is 10.2 Å². The number of aryl methyl sites for hydroxylation is 1. The van der Waals surface area contributed by atoms with Gasteiger partial charge in [-0.25, -0.2) is 0 Å². The lowest BCUT2D eigenvalue weighted by Crippen LogP contribution is -2.25. The number of carbonyl (C=O) groups excluding carboxylic acids is 1. The summed E-state index contributed by atoms with van der Waals surface area (Å²) in [6, 6.07) is 15.7. The number of ether oxygens (including phenoxy) is 1. The Labute approximate surface area is 151 Å². The minimum atomic E-state index is -0.170. The molecule has 0 aromatic heterocycles. The van der Waals surface area contributed by atoms with E-state index in [9.17, 15) is 4.79 Å². The summed E-state index contributed by atoms with van der Waals surface area (Å²) >= 11 is 1.42. The van der Waals surface area contributed by atoms with Crippen molar-refractivity contribution >= 4 is 29.1 Å². The van der Waals surface area contributed by atoms with Crippen molar-refractivity contribution in [3.05, 3.63) is 65.2 Å². The number of hydrogen-bond acceptors (Lipinski definition) is 5.